The molecule has 13 heavy (non-hydrogen) atoms. The molecule has 0 radical (unpaired) electrons. The van der Waals surface area contributed by atoms with Crippen LogP contribution in [0.15, 0.2) is 18.2 Å². The van der Waals surface area contributed by atoms with E-state index in [1.165, 1.54) is 13.2 Å². The van der Waals surface area contributed by atoms with E-state index in [0.29, 0.717) is 5.69 Å². The minimum Gasteiger partial charge on any atom is -0.478 e. The van der Waals surface area contributed by atoms with Crippen molar-refractivity contribution in [3.63, 3.8) is 0 Å². The number of rotatable bonds is 3. The van der Waals surface area contributed by atoms with Crippen molar-refractivity contribution < 1.29 is 14.7 Å². The Hall–Kier alpha value is -1.55. The van der Waals surface area contributed by atoms with Gasteiger partial charge in [0.2, 0.25) is 0 Å². The Bertz CT molecular complexity index is 323. The van der Waals surface area contributed by atoms with Crippen LogP contribution in [-0.4, -0.2) is 18.2 Å². The molecule has 0 aliphatic carbocycles. The highest BCUT2D eigenvalue weighted by molar-refractivity contribution is 5.89. The van der Waals surface area contributed by atoms with Gasteiger partial charge in [0.25, 0.3) is 0 Å². The molecule has 1 aromatic carbocycles. The minimum absolute atomic E-state index is 0.241. The van der Waals surface area contributed by atoms with Crippen molar-refractivity contribution in [2.75, 3.05) is 12.6 Å². The van der Waals surface area contributed by atoms with Gasteiger partial charge in [-0.05, 0) is 24.6 Å². The molecule has 0 atom stereocenters. The fraction of sp³-hybridized carbons (Fsp3) is 0.222. The summed E-state index contributed by atoms with van der Waals surface area (Å²) in [6.45, 7) is 1.87. The molecule has 4 heteroatoms. The van der Waals surface area contributed by atoms with Crippen molar-refractivity contribution in [2.45, 2.75) is 6.92 Å². The molecule has 0 unspecified atom stereocenters. The van der Waals surface area contributed by atoms with E-state index < -0.39 is 5.97 Å². The smallest absolute Gasteiger partial charge is 0.335 e. The monoisotopic (exact) mass is 181 g/mol. The van der Waals surface area contributed by atoms with E-state index in [1.54, 1.807) is 12.1 Å². The number of benzene rings is 1. The van der Waals surface area contributed by atoms with Crippen molar-refractivity contribution in [3.8, 4) is 0 Å². The van der Waals surface area contributed by atoms with Crippen LogP contribution in [0.4, 0.5) is 5.69 Å². The number of nitrogens with one attached hydrogen (secondary N) is 1. The van der Waals surface area contributed by atoms with Crippen LogP contribution in [0.1, 0.15) is 15.9 Å². The highest BCUT2D eigenvalue weighted by Crippen LogP contribution is 2.16. The number of anilines is 1. The maximum absolute atomic E-state index is 10.6. The molecule has 70 valence electrons. The molecular formula is C9H11NO3. The highest BCUT2D eigenvalue weighted by Gasteiger charge is 2.05. The summed E-state index contributed by atoms with van der Waals surface area (Å²) in [5.74, 6) is -0.945. The van der Waals surface area contributed by atoms with Gasteiger partial charge in [0, 0.05) is 0 Å². The maximum atomic E-state index is 10.6. The normalized spacial score (nSPS) is 9.69. The minimum atomic E-state index is -0.945. The van der Waals surface area contributed by atoms with Crippen LogP contribution in [0.5, 0.6) is 0 Å². The van der Waals surface area contributed by atoms with Crippen molar-refractivity contribution >= 4 is 11.7 Å². The zero-order valence-electron chi connectivity index (χ0n) is 7.50. The Labute approximate surface area is 76.1 Å². The fourth-order valence-electron chi connectivity index (χ4n) is 0.975. The zero-order valence-corrected chi connectivity index (χ0v) is 7.50. The Morgan fingerprint density at radius 1 is 1.54 bits per heavy atom. The Morgan fingerprint density at radius 2 is 2.23 bits per heavy atom. The van der Waals surface area contributed by atoms with Crippen LogP contribution in [0.2, 0.25) is 0 Å². The van der Waals surface area contributed by atoms with Gasteiger partial charge in [-0.15, -0.1) is 0 Å². The molecular weight excluding hydrogens is 170 g/mol. The Balaban J connectivity index is 3.03. The third kappa shape index (κ3) is 2.19. The van der Waals surface area contributed by atoms with Gasteiger partial charge in [0.15, 0.2) is 0 Å². The van der Waals surface area contributed by atoms with Crippen LogP contribution in [0.25, 0.3) is 0 Å². The SMILES string of the molecule is CONc1cc(C(=O)O)ccc1C. The number of carboxylic acids is 1. The van der Waals surface area contributed by atoms with Gasteiger partial charge in [-0.3, -0.25) is 10.3 Å². The molecule has 0 spiro atoms. The summed E-state index contributed by atoms with van der Waals surface area (Å²) in [6, 6.07) is 4.81. The largest absolute Gasteiger partial charge is 0.478 e. The quantitative estimate of drug-likeness (QED) is 0.696. The molecule has 0 heterocycles. The number of hydrogen-bond acceptors (Lipinski definition) is 3. The summed E-state index contributed by atoms with van der Waals surface area (Å²) in [5, 5.41) is 8.70. The van der Waals surface area contributed by atoms with Crippen LogP contribution in [-0.2, 0) is 4.84 Å². The topological polar surface area (TPSA) is 58.6 Å². The molecule has 0 aromatic heterocycles. The van der Waals surface area contributed by atoms with Crippen LogP contribution >= 0.6 is 0 Å². The van der Waals surface area contributed by atoms with Gasteiger partial charge in [0.05, 0.1) is 18.4 Å². The third-order valence-electron chi connectivity index (χ3n) is 1.70. The number of aryl methyl sites for hydroxylation is 1. The first-order valence-corrected chi connectivity index (χ1v) is 3.78. The van der Waals surface area contributed by atoms with Crippen molar-refractivity contribution in [3.05, 3.63) is 29.3 Å². The molecule has 4 nitrogen and oxygen atoms in total. The summed E-state index contributed by atoms with van der Waals surface area (Å²) >= 11 is 0. The molecule has 0 aliphatic rings. The van der Waals surface area contributed by atoms with Crippen LogP contribution < -0.4 is 5.48 Å². The van der Waals surface area contributed by atoms with E-state index in [9.17, 15) is 4.79 Å². The lowest BCUT2D eigenvalue weighted by Crippen LogP contribution is -2.02. The molecule has 0 fully saturated rings. The molecule has 0 aliphatic heterocycles. The number of aromatic carboxylic acids is 1. The fourth-order valence-corrected chi connectivity index (χ4v) is 0.975. The first-order valence-electron chi connectivity index (χ1n) is 3.78. The highest BCUT2D eigenvalue weighted by atomic mass is 16.6. The second-order valence-electron chi connectivity index (χ2n) is 2.64. The predicted octanol–water partition coefficient (Wildman–Crippen LogP) is 1.67. The third-order valence-corrected chi connectivity index (χ3v) is 1.70. The lowest BCUT2D eigenvalue weighted by atomic mass is 10.1. The van der Waals surface area contributed by atoms with Gasteiger partial charge in [-0.25, -0.2) is 4.79 Å². The molecule has 0 saturated heterocycles. The van der Waals surface area contributed by atoms with Crippen LogP contribution in [0.3, 0.4) is 0 Å². The van der Waals surface area contributed by atoms with Gasteiger partial charge in [-0.2, -0.15) is 0 Å². The van der Waals surface area contributed by atoms with E-state index >= 15 is 0 Å². The first kappa shape index (κ1) is 9.54. The van der Waals surface area contributed by atoms with E-state index in [1.807, 2.05) is 6.92 Å². The number of hydrogen-bond donors (Lipinski definition) is 2. The number of carbonyl (C=O) groups is 1. The van der Waals surface area contributed by atoms with E-state index in [0.717, 1.165) is 5.56 Å². The summed E-state index contributed by atoms with van der Waals surface area (Å²) in [6.07, 6.45) is 0. The molecule has 1 rings (SSSR count). The predicted molar refractivity (Wildman–Crippen MR) is 48.8 cm³/mol. The first-order chi connectivity index (χ1) is 6.15. The van der Waals surface area contributed by atoms with E-state index in [2.05, 4.69) is 5.48 Å². The lowest BCUT2D eigenvalue weighted by molar-refractivity contribution is 0.0697. The standard InChI is InChI=1S/C9H11NO3/c1-6-3-4-7(9(11)12)5-8(6)10-13-2/h3-5,10H,1-2H3,(H,11,12). The maximum Gasteiger partial charge on any atom is 0.335 e. The molecule has 0 bridgehead atoms. The van der Waals surface area contributed by atoms with E-state index in [-0.39, 0.29) is 5.56 Å². The van der Waals surface area contributed by atoms with Gasteiger partial charge in [0.1, 0.15) is 0 Å². The Morgan fingerprint density at radius 3 is 2.77 bits per heavy atom. The summed E-state index contributed by atoms with van der Waals surface area (Å²) in [4.78, 5) is 15.3. The summed E-state index contributed by atoms with van der Waals surface area (Å²) < 4.78 is 0. The van der Waals surface area contributed by atoms with Gasteiger partial charge in [-0.1, -0.05) is 6.07 Å². The molecule has 0 saturated carbocycles. The van der Waals surface area contributed by atoms with Crippen molar-refractivity contribution in [1.82, 2.24) is 0 Å². The summed E-state index contributed by atoms with van der Waals surface area (Å²) in [5.41, 5.74) is 4.45. The summed E-state index contributed by atoms with van der Waals surface area (Å²) in [7, 11) is 1.48. The van der Waals surface area contributed by atoms with Gasteiger partial charge < -0.3 is 5.11 Å². The van der Waals surface area contributed by atoms with E-state index in [4.69, 9.17) is 9.94 Å². The van der Waals surface area contributed by atoms with Crippen LogP contribution in [0, 0.1) is 6.92 Å². The average molecular weight is 181 g/mol. The zero-order chi connectivity index (χ0) is 9.84. The second-order valence-corrected chi connectivity index (χ2v) is 2.64. The molecule has 0 amide bonds. The molecule has 1 aromatic rings. The van der Waals surface area contributed by atoms with Crippen molar-refractivity contribution in [1.29, 1.82) is 0 Å². The Kier molecular flexibility index (Phi) is 2.87. The molecule has 2 N–H and O–H groups in total. The second kappa shape index (κ2) is 3.91. The average Bonchev–Trinajstić information content (AvgIpc) is 2.08. The van der Waals surface area contributed by atoms with Crippen molar-refractivity contribution in [2.24, 2.45) is 0 Å². The van der Waals surface area contributed by atoms with Gasteiger partial charge >= 0.3 is 5.97 Å². The number of carboxylic acid groups (broad SMARTS) is 1. The lowest BCUT2D eigenvalue weighted by Gasteiger charge is -2.07.